The average molecular weight is 419 g/mol. The molecule has 1 aliphatic rings. The molecule has 0 saturated carbocycles. The smallest absolute Gasteiger partial charge is 0.269 e. The molecular weight excluding hydrogens is 404 g/mol. The summed E-state index contributed by atoms with van der Waals surface area (Å²) in [7, 11) is 0. The Labute approximate surface area is 169 Å². The van der Waals surface area contributed by atoms with E-state index in [2.05, 4.69) is 20.6 Å². The summed E-state index contributed by atoms with van der Waals surface area (Å²) in [4.78, 5) is 20.2. The Hall–Kier alpha value is -2.90. The largest absolute Gasteiger partial charge is 0.357 e. The Morgan fingerprint density at radius 1 is 1.21 bits per heavy atom. The maximum Gasteiger partial charge on any atom is 0.357 e. The van der Waals surface area contributed by atoms with Crippen molar-refractivity contribution in [2.45, 2.75) is 13.1 Å². The summed E-state index contributed by atoms with van der Waals surface area (Å²) in [6, 6.07) is 12.6. The molecule has 1 aromatic heterocycles. The molecule has 9 heteroatoms. The van der Waals surface area contributed by atoms with Gasteiger partial charge in [-0.25, -0.2) is 24.6 Å². The van der Waals surface area contributed by atoms with Crippen molar-refractivity contribution < 1.29 is 9.38 Å². The van der Waals surface area contributed by atoms with Crippen LogP contribution in [-0.2, 0) is 0 Å². The van der Waals surface area contributed by atoms with E-state index in [-0.39, 0.29) is 11.4 Å². The van der Waals surface area contributed by atoms with Crippen molar-refractivity contribution in [3.05, 3.63) is 86.0 Å². The van der Waals surface area contributed by atoms with E-state index < -0.39 is 6.17 Å². The van der Waals surface area contributed by atoms with Gasteiger partial charge >= 0.3 is 5.96 Å². The molecule has 0 aliphatic carbocycles. The SMILES string of the molecule is Cc1cc(=O)n2c(n1)NC(Nc1cccc(Cl)c1Cl)=[NH+][C@@H]2c1ccc(F)cc1. The van der Waals surface area contributed by atoms with E-state index >= 15 is 0 Å². The third kappa shape index (κ3) is 3.46. The van der Waals surface area contributed by atoms with Crippen LogP contribution >= 0.6 is 23.2 Å². The second-order valence-electron chi connectivity index (χ2n) is 6.25. The summed E-state index contributed by atoms with van der Waals surface area (Å²) in [5.74, 6) is 0.440. The summed E-state index contributed by atoms with van der Waals surface area (Å²) in [6.07, 6.45) is -0.599. The molecule has 0 bridgehead atoms. The number of rotatable bonds is 2. The fraction of sp³-hybridized carbons (Fsp3) is 0.105. The summed E-state index contributed by atoms with van der Waals surface area (Å²) >= 11 is 12.3. The lowest BCUT2D eigenvalue weighted by molar-refractivity contribution is -0.520. The van der Waals surface area contributed by atoms with Gasteiger partial charge in [-0.3, -0.25) is 9.79 Å². The molecule has 4 rings (SSSR count). The minimum Gasteiger partial charge on any atom is -0.269 e. The van der Waals surface area contributed by atoms with Crippen molar-refractivity contribution in [2.24, 2.45) is 0 Å². The topological polar surface area (TPSA) is 72.9 Å². The minimum absolute atomic E-state index is 0.239. The Morgan fingerprint density at radius 2 is 1.96 bits per heavy atom. The molecule has 0 amide bonds. The number of guanidine groups is 1. The van der Waals surface area contributed by atoms with Gasteiger partial charge in [0, 0.05) is 17.3 Å². The second kappa shape index (κ2) is 7.26. The number of halogens is 3. The van der Waals surface area contributed by atoms with Gasteiger partial charge in [0.05, 0.1) is 10.0 Å². The van der Waals surface area contributed by atoms with E-state index in [4.69, 9.17) is 23.2 Å². The molecule has 3 N–H and O–H groups in total. The number of nitrogens with zero attached hydrogens (tertiary/aromatic N) is 2. The Kier molecular flexibility index (Phi) is 4.78. The zero-order chi connectivity index (χ0) is 19.8. The standard InChI is InChI=1S/C19H14Cl2FN5O/c1-10-9-15(28)27-17(11-5-7-12(22)8-6-11)25-18(26-19(27)23-10)24-14-4-2-3-13(20)16(14)21/h2-9,17H,1H3,(H2,23,24,25,26)/p+1/t17-/m0/s1. The van der Waals surface area contributed by atoms with Crippen LogP contribution in [-0.4, -0.2) is 15.5 Å². The van der Waals surface area contributed by atoms with Gasteiger partial charge in [0.25, 0.3) is 11.5 Å². The van der Waals surface area contributed by atoms with Gasteiger partial charge < -0.3 is 0 Å². The molecule has 1 aliphatic heterocycles. The Morgan fingerprint density at radius 3 is 2.71 bits per heavy atom. The van der Waals surface area contributed by atoms with Crippen molar-refractivity contribution in [3.8, 4) is 0 Å². The fourth-order valence-corrected chi connectivity index (χ4v) is 3.32. The van der Waals surface area contributed by atoms with Crippen LogP contribution in [0.15, 0.2) is 53.3 Å². The van der Waals surface area contributed by atoms with Crippen molar-refractivity contribution in [2.75, 3.05) is 10.6 Å². The van der Waals surface area contributed by atoms with Gasteiger partial charge in [-0.05, 0) is 31.2 Å². The van der Waals surface area contributed by atoms with E-state index in [1.165, 1.54) is 22.8 Å². The molecule has 0 fully saturated rings. The molecule has 0 spiro atoms. The molecule has 142 valence electrons. The number of hydrogen-bond acceptors (Lipinski definition) is 4. The fourth-order valence-electron chi connectivity index (χ4n) is 2.97. The summed E-state index contributed by atoms with van der Waals surface area (Å²) in [6.45, 7) is 1.74. The van der Waals surface area contributed by atoms with Gasteiger partial charge in [0.2, 0.25) is 0 Å². The van der Waals surface area contributed by atoms with Crippen molar-refractivity contribution in [1.29, 1.82) is 0 Å². The zero-order valence-corrected chi connectivity index (χ0v) is 16.1. The third-order valence-electron chi connectivity index (χ3n) is 4.25. The maximum atomic E-state index is 13.4. The van der Waals surface area contributed by atoms with Crippen molar-refractivity contribution >= 4 is 40.8 Å². The first-order chi connectivity index (χ1) is 13.4. The minimum atomic E-state index is -0.599. The van der Waals surface area contributed by atoms with Crippen LogP contribution in [0.2, 0.25) is 10.0 Å². The Bertz CT molecular complexity index is 1140. The summed E-state index contributed by atoms with van der Waals surface area (Å²) in [5, 5.41) is 6.95. The maximum absolute atomic E-state index is 13.4. The predicted molar refractivity (Wildman–Crippen MR) is 107 cm³/mol. The van der Waals surface area contributed by atoms with Crippen molar-refractivity contribution in [1.82, 2.24) is 9.55 Å². The highest BCUT2D eigenvalue weighted by Gasteiger charge is 2.29. The Balaban J connectivity index is 1.81. The number of fused-ring (bicyclic) bond motifs is 1. The predicted octanol–water partition coefficient (Wildman–Crippen LogP) is 2.52. The van der Waals surface area contributed by atoms with Crippen LogP contribution in [0.5, 0.6) is 0 Å². The lowest BCUT2D eigenvalue weighted by Crippen LogP contribution is -2.82. The molecule has 2 heterocycles. The van der Waals surface area contributed by atoms with Crippen molar-refractivity contribution in [3.63, 3.8) is 0 Å². The van der Waals surface area contributed by atoms with E-state index in [1.54, 1.807) is 37.3 Å². The first kappa shape index (κ1) is 18.5. The van der Waals surface area contributed by atoms with Crippen LogP contribution in [0.3, 0.4) is 0 Å². The van der Waals surface area contributed by atoms with E-state index in [0.29, 0.717) is 38.9 Å². The average Bonchev–Trinajstić information content (AvgIpc) is 2.65. The van der Waals surface area contributed by atoms with Gasteiger partial charge in [0.15, 0.2) is 6.17 Å². The number of hydrogen-bond donors (Lipinski definition) is 3. The highest BCUT2D eigenvalue weighted by atomic mass is 35.5. The van der Waals surface area contributed by atoms with Crippen LogP contribution < -0.4 is 21.2 Å². The molecule has 6 nitrogen and oxygen atoms in total. The number of nitrogens with one attached hydrogen (secondary N) is 3. The molecule has 0 saturated heterocycles. The zero-order valence-electron chi connectivity index (χ0n) is 14.6. The molecule has 2 aromatic carbocycles. The second-order valence-corrected chi connectivity index (χ2v) is 7.04. The van der Waals surface area contributed by atoms with Gasteiger partial charge in [-0.15, -0.1) is 0 Å². The van der Waals surface area contributed by atoms with Crippen LogP contribution in [0.4, 0.5) is 16.0 Å². The number of aryl methyl sites for hydroxylation is 1. The molecule has 1 atom stereocenters. The first-order valence-electron chi connectivity index (χ1n) is 8.39. The molecular formula is C19H15Cl2FN5O+. The van der Waals surface area contributed by atoms with E-state index in [9.17, 15) is 9.18 Å². The number of anilines is 2. The summed E-state index contributed by atoms with van der Waals surface area (Å²) in [5.41, 5.74) is 1.60. The normalized spacial score (nSPS) is 15.4. The first-order valence-corrected chi connectivity index (χ1v) is 9.15. The van der Waals surface area contributed by atoms with Gasteiger partial charge in [-0.2, -0.15) is 0 Å². The summed E-state index contributed by atoms with van der Waals surface area (Å²) < 4.78 is 14.8. The quantitative estimate of drug-likeness (QED) is 0.597. The van der Waals surface area contributed by atoms with Gasteiger partial charge in [0.1, 0.15) is 11.5 Å². The van der Waals surface area contributed by atoms with Crippen LogP contribution in [0.25, 0.3) is 0 Å². The highest BCUT2D eigenvalue weighted by Crippen LogP contribution is 2.29. The van der Waals surface area contributed by atoms with Crippen LogP contribution in [0.1, 0.15) is 17.4 Å². The van der Waals surface area contributed by atoms with E-state index in [1.807, 2.05) is 0 Å². The lowest BCUT2D eigenvalue weighted by atomic mass is 10.1. The third-order valence-corrected chi connectivity index (χ3v) is 5.07. The molecule has 0 radical (unpaired) electrons. The highest BCUT2D eigenvalue weighted by molar-refractivity contribution is 6.44. The molecule has 3 aromatic rings. The lowest BCUT2D eigenvalue weighted by Gasteiger charge is -2.23. The number of benzene rings is 2. The monoisotopic (exact) mass is 418 g/mol. The molecule has 28 heavy (non-hydrogen) atoms. The van der Waals surface area contributed by atoms with E-state index in [0.717, 1.165) is 0 Å². The van der Waals surface area contributed by atoms with Crippen LogP contribution in [0, 0.1) is 12.7 Å². The molecule has 0 unspecified atom stereocenters. The van der Waals surface area contributed by atoms with Gasteiger partial charge in [-0.1, -0.05) is 41.4 Å². The number of aromatic nitrogens is 2.